The first-order chi connectivity index (χ1) is 9.94. The molecule has 0 radical (unpaired) electrons. The van der Waals surface area contributed by atoms with Gasteiger partial charge in [0.25, 0.3) is 0 Å². The fourth-order valence-electron chi connectivity index (χ4n) is 3.22. The number of hydrogen-bond acceptors (Lipinski definition) is 3. The Labute approximate surface area is 126 Å². The van der Waals surface area contributed by atoms with Crippen LogP contribution >= 0.6 is 0 Å². The molecule has 1 aromatic rings. The van der Waals surface area contributed by atoms with Crippen LogP contribution in [0.2, 0.25) is 0 Å². The molecule has 116 valence electrons. The molecule has 1 saturated heterocycles. The molecule has 0 bridgehead atoms. The maximum Gasteiger partial charge on any atom is 0.217 e. The third kappa shape index (κ3) is 3.83. The minimum Gasteiger partial charge on any atom is -0.379 e. The number of carbonyl (C=O) groups is 1. The Bertz CT molecular complexity index is 472. The molecule has 1 unspecified atom stereocenters. The van der Waals surface area contributed by atoms with Gasteiger partial charge in [-0.25, -0.2) is 0 Å². The van der Waals surface area contributed by atoms with Crippen molar-refractivity contribution in [2.24, 2.45) is 5.92 Å². The SMILES string of the molecule is CO[C@@H]1COC(c2ccccc2)C[C@H]1C(C)(C)NC(C)=O. The van der Waals surface area contributed by atoms with Gasteiger partial charge in [-0.15, -0.1) is 0 Å². The Kier molecular flexibility index (Phi) is 5.01. The molecule has 1 aromatic carbocycles. The summed E-state index contributed by atoms with van der Waals surface area (Å²) < 4.78 is 11.5. The van der Waals surface area contributed by atoms with E-state index in [2.05, 4.69) is 31.3 Å². The summed E-state index contributed by atoms with van der Waals surface area (Å²) in [6, 6.07) is 10.2. The van der Waals surface area contributed by atoms with Crippen LogP contribution in [0.3, 0.4) is 0 Å². The molecule has 1 fully saturated rings. The van der Waals surface area contributed by atoms with E-state index < -0.39 is 0 Å². The van der Waals surface area contributed by atoms with Crippen LogP contribution in [0, 0.1) is 5.92 Å². The van der Waals surface area contributed by atoms with Crippen molar-refractivity contribution in [2.45, 2.75) is 44.9 Å². The number of carbonyl (C=O) groups excluding carboxylic acids is 1. The van der Waals surface area contributed by atoms with E-state index >= 15 is 0 Å². The molecule has 2 rings (SSSR count). The molecular formula is C17H25NO3. The van der Waals surface area contributed by atoms with Crippen LogP contribution in [0.4, 0.5) is 0 Å². The fourth-order valence-corrected chi connectivity index (χ4v) is 3.22. The average molecular weight is 291 g/mol. The summed E-state index contributed by atoms with van der Waals surface area (Å²) in [6.07, 6.45) is 0.873. The lowest BCUT2D eigenvalue weighted by molar-refractivity contribution is -0.134. The maximum atomic E-state index is 11.5. The molecule has 0 spiro atoms. The Morgan fingerprint density at radius 1 is 1.33 bits per heavy atom. The Morgan fingerprint density at radius 2 is 2.00 bits per heavy atom. The van der Waals surface area contributed by atoms with E-state index in [1.165, 1.54) is 5.56 Å². The van der Waals surface area contributed by atoms with Crippen molar-refractivity contribution in [1.82, 2.24) is 5.32 Å². The second kappa shape index (κ2) is 6.58. The zero-order chi connectivity index (χ0) is 15.5. The van der Waals surface area contributed by atoms with E-state index in [0.29, 0.717) is 6.61 Å². The Morgan fingerprint density at radius 3 is 2.57 bits per heavy atom. The zero-order valence-corrected chi connectivity index (χ0v) is 13.3. The molecule has 1 amide bonds. The highest BCUT2D eigenvalue weighted by Crippen LogP contribution is 2.38. The van der Waals surface area contributed by atoms with E-state index in [-0.39, 0.29) is 29.6 Å². The highest BCUT2D eigenvalue weighted by molar-refractivity contribution is 5.73. The molecule has 4 nitrogen and oxygen atoms in total. The topological polar surface area (TPSA) is 47.6 Å². The van der Waals surface area contributed by atoms with Crippen molar-refractivity contribution in [3.05, 3.63) is 35.9 Å². The summed E-state index contributed by atoms with van der Waals surface area (Å²) in [6.45, 7) is 6.21. The minimum atomic E-state index is -0.330. The van der Waals surface area contributed by atoms with E-state index in [1.54, 1.807) is 14.0 Å². The molecule has 1 aliphatic rings. The second-order valence-electron chi connectivity index (χ2n) is 6.25. The van der Waals surface area contributed by atoms with Crippen LogP contribution in [0.5, 0.6) is 0 Å². The average Bonchev–Trinajstić information content (AvgIpc) is 2.46. The van der Waals surface area contributed by atoms with Crippen molar-refractivity contribution < 1.29 is 14.3 Å². The van der Waals surface area contributed by atoms with Crippen LogP contribution in [0.1, 0.15) is 38.9 Å². The molecule has 0 aliphatic carbocycles. The standard InChI is InChI=1S/C17H25NO3/c1-12(19)18-17(2,3)14-10-15(21-11-16(14)20-4)13-8-6-5-7-9-13/h5-9,14-16H,10-11H2,1-4H3,(H,18,19)/t14-,15?,16-/m1/s1. The van der Waals surface area contributed by atoms with Crippen LogP contribution < -0.4 is 5.32 Å². The minimum absolute atomic E-state index is 0.00758. The number of hydrogen-bond donors (Lipinski definition) is 1. The van der Waals surface area contributed by atoms with Gasteiger partial charge < -0.3 is 14.8 Å². The van der Waals surface area contributed by atoms with Gasteiger partial charge in [-0.1, -0.05) is 30.3 Å². The lowest BCUT2D eigenvalue weighted by Gasteiger charge is -2.44. The van der Waals surface area contributed by atoms with Crippen LogP contribution in [0.25, 0.3) is 0 Å². The van der Waals surface area contributed by atoms with Gasteiger partial charge in [-0.05, 0) is 25.8 Å². The number of amides is 1. The number of nitrogens with one attached hydrogen (secondary N) is 1. The fraction of sp³-hybridized carbons (Fsp3) is 0.588. The number of methoxy groups -OCH3 is 1. The smallest absolute Gasteiger partial charge is 0.217 e. The summed E-state index contributed by atoms with van der Waals surface area (Å²) in [4.78, 5) is 11.5. The lowest BCUT2D eigenvalue weighted by atomic mass is 9.77. The predicted octanol–water partition coefficient (Wildman–Crippen LogP) is 2.69. The van der Waals surface area contributed by atoms with Gasteiger partial charge in [0, 0.05) is 25.5 Å². The van der Waals surface area contributed by atoms with E-state index in [9.17, 15) is 4.79 Å². The first-order valence-electron chi connectivity index (χ1n) is 7.42. The van der Waals surface area contributed by atoms with Crippen molar-refractivity contribution >= 4 is 5.91 Å². The summed E-state index contributed by atoms with van der Waals surface area (Å²) in [5.74, 6) is 0.183. The molecule has 0 saturated carbocycles. The molecule has 3 atom stereocenters. The van der Waals surface area contributed by atoms with Gasteiger partial charge in [0.15, 0.2) is 0 Å². The van der Waals surface area contributed by atoms with Crippen LogP contribution in [-0.2, 0) is 14.3 Å². The predicted molar refractivity (Wildman–Crippen MR) is 81.9 cm³/mol. The number of ether oxygens (including phenoxy) is 2. The van der Waals surface area contributed by atoms with Crippen LogP contribution in [-0.4, -0.2) is 31.3 Å². The second-order valence-corrected chi connectivity index (χ2v) is 6.25. The van der Waals surface area contributed by atoms with Gasteiger partial charge in [0.2, 0.25) is 5.91 Å². The van der Waals surface area contributed by atoms with E-state index in [4.69, 9.17) is 9.47 Å². The zero-order valence-electron chi connectivity index (χ0n) is 13.3. The molecule has 0 aromatic heterocycles. The summed E-state index contributed by atoms with van der Waals surface area (Å²) >= 11 is 0. The maximum absolute atomic E-state index is 11.5. The molecule has 1 aliphatic heterocycles. The van der Waals surface area contributed by atoms with Crippen molar-refractivity contribution in [2.75, 3.05) is 13.7 Å². The third-order valence-corrected chi connectivity index (χ3v) is 4.28. The summed E-state index contributed by atoms with van der Waals surface area (Å²) in [7, 11) is 1.70. The lowest BCUT2D eigenvalue weighted by Crippen LogP contribution is -2.55. The van der Waals surface area contributed by atoms with Crippen molar-refractivity contribution in [3.63, 3.8) is 0 Å². The summed E-state index contributed by atoms with van der Waals surface area (Å²) in [5, 5.41) is 3.05. The Balaban J connectivity index is 2.18. The van der Waals surface area contributed by atoms with Gasteiger partial charge in [0.1, 0.15) is 0 Å². The molecule has 4 heteroatoms. The number of benzene rings is 1. The highest BCUT2D eigenvalue weighted by atomic mass is 16.5. The largest absolute Gasteiger partial charge is 0.379 e. The normalized spacial score (nSPS) is 26.4. The van der Waals surface area contributed by atoms with E-state index in [1.807, 2.05) is 18.2 Å². The monoisotopic (exact) mass is 291 g/mol. The first-order valence-corrected chi connectivity index (χ1v) is 7.42. The van der Waals surface area contributed by atoms with Gasteiger partial charge in [-0.2, -0.15) is 0 Å². The van der Waals surface area contributed by atoms with Crippen molar-refractivity contribution in [1.29, 1.82) is 0 Å². The quantitative estimate of drug-likeness (QED) is 0.928. The van der Waals surface area contributed by atoms with Crippen LogP contribution in [0.15, 0.2) is 30.3 Å². The molecular weight excluding hydrogens is 266 g/mol. The third-order valence-electron chi connectivity index (χ3n) is 4.28. The molecule has 1 N–H and O–H groups in total. The molecule has 21 heavy (non-hydrogen) atoms. The molecule has 1 heterocycles. The van der Waals surface area contributed by atoms with Gasteiger partial charge in [0.05, 0.1) is 18.8 Å². The number of rotatable bonds is 4. The van der Waals surface area contributed by atoms with Gasteiger partial charge in [-0.3, -0.25) is 4.79 Å². The Hall–Kier alpha value is -1.39. The highest BCUT2D eigenvalue weighted by Gasteiger charge is 2.41. The van der Waals surface area contributed by atoms with Crippen molar-refractivity contribution in [3.8, 4) is 0 Å². The first kappa shape index (κ1) is 16.0. The summed E-state index contributed by atoms with van der Waals surface area (Å²) in [5.41, 5.74) is 0.847. The van der Waals surface area contributed by atoms with Gasteiger partial charge >= 0.3 is 0 Å². The van der Waals surface area contributed by atoms with E-state index in [0.717, 1.165) is 6.42 Å².